The van der Waals surface area contributed by atoms with Crippen LogP contribution in [0.15, 0.2) is 24.3 Å². The number of nitrogens with zero attached hydrogens (tertiary/aromatic N) is 2. The predicted octanol–water partition coefficient (Wildman–Crippen LogP) is 8.24. The van der Waals surface area contributed by atoms with Crippen LogP contribution in [0.3, 0.4) is 0 Å². The van der Waals surface area contributed by atoms with Crippen LogP contribution in [0.25, 0.3) is 0 Å². The van der Waals surface area contributed by atoms with Crippen LogP contribution in [0.2, 0.25) is 0 Å². The van der Waals surface area contributed by atoms with E-state index in [0.717, 1.165) is 0 Å². The number of hydrogen-bond donors (Lipinski definition) is 0. The number of hydrogen-bond acceptors (Lipinski definition) is 2. The van der Waals surface area contributed by atoms with Gasteiger partial charge in [-0.25, -0.2) is 0 Å². The van der Waals surface area contributed by atoms with Crippen LogP contribution in [0.1, 0.15) is 116 Å². The van der Waals surface area contributed by atoms with Crippen molar-refractivity contribution in [1.29, 1.82) is 0 Å². The molecule has 0 radical (unpaired) electrons. The lowest BCUT2D eigenvalue weighted by Gasteiger charge is -2.31. The molecule has 2 nitrogen and oxygen atoms in total. The van der Waals surface area contributed by atoms with E-state index in [1.54, 1.807) is 5.56 Å². The summed E-state index contributed by atoms with van der Waals surface area (Å²) in [5.74, 6) is 0. The Morgan fingerprint density at radius 1 is 0.677 bits per heavy atom. The van der Waals surface area contributed by atoms with Gasteiger partial charge in [-0.3, -0.25) is 0 Å². The molecule has 2 rings (SSSR count). The Bertz CT molecular complexity index is 531. The molecule has 0 saturated heterocycles. The molecule has 0 aliphatic carbocycles. The molecule has 0 bridgehead atoms. The Morgan fingerprint density at radius 2 is 1.23 bits per heavy atom. The summed E-state index contributed by atoms with van der Waals surface area (Å²) in [5, 5.41) is 0. The van der Waals surface area contributed by atoms with E-state index < -0.39 is 0 Å². The van der Waals surface area contributed by atoms with Gasteiger partial charge in [-0.1, -0.05) is 96.3 Å². The van der Waals surface area contributed by atoms with E-state index >= 15 is 0 Å². The quantitative estimate of drug-likeness (QED) is 0.205. The first-order valence-electron chi connectivity index (χ1n) is 13.9. The highest BCUT2D eigenvalue weighted by Gasteiger charge is 2.15. The summed E-state index contributed by atoms with van der Waals surface area (Å²) in [6.45, 7) is 11.1. The zero-order valence-corrected chi connectivity index (χ0v) is 21.1. The van der Waals surface area contributed by atoms with E-state index in [9.17, 15) is 0 Å². The molecule has 0 N–H and O–H groups in total. The molecule has 0 spiro atoms. The maximum Gasteiger partial charge on any atom is 0.0398 e. The second kappa shape index (κ2) is 17.5. The molecule has 1 aromatic carbocycles. The molecule has 1 aliphatic rings. The number of benzene rings is 1. The highest BCUT2D eigenvalue weighted by molar-refractivity contribution is 5.55. The van der Waals surface area contributed by atoms with Gasteiger partial charge in [-0.2, -0.15) is 0 Å². The van der Waals surface area contributed by atoms with Crippen molar-refractivity contribution in [1.82, 2.24) is 4.90 Å². The van der Waals surface area contributed by atoms with Crippen LogP contribution < -0.4 is 4.90 Å². The molecule has 0 aromatic heterocycles. The molecule has 31 heavy (non-hydrogen) atoms. The van der Waals surface area contributed by atoms with Crippen LogP contribution in [0, 0.1) is 0 Å². The van der Waals surface area contributed by atoms with Gasteiger partial charge in [0.25, 0.3) is 0 Å². The molecule has 1 aromatic rings. The Balaban J connectivity index is 1.45. The topological polar surface area (TPSA) is 6.48 Å². The summed E-state index contributed by atoms with van der Waals surface area (Å²) in [4.78, 5) is 5.38. The number of para-hydroxylation sites is 1. The largest absolute Gasteiger partial charge is 0.371 e. The van der Waals surface area contributed by atoms with Gasteiger partial charge >= 0.3 is 0 Å². The van der Waals surface area contributed by atoms with E-state index in [0.29, 0.717) is 0 Å². The smallest absolute Gasteiger partial charge is 0.0398 e. The average molecular weight is 429 g/mol. The van der Waals surface area contributed by atoms with Crippen molar-refractivity contribution in [2.45, 2.75) is 117 Å². The van der Waals surface area contributed by atoms with Crippen molar-refractivity contribution in [2.75, 3.05) is 37.6 Å². The number of fused-ring (bicyclic) bond motifs is 1. The SMILES string of the molecule is CCCCCN(CCCCC)CCCCCCCCCCN1CCCc2ccccc21. The van der Waals surface area contributed by atoms with Crippen LogP contribution in [-0.2, 0) is 6.42 Å². The van der Waals surface area contributed by atoms with Crippen molar-refractivity contribution >= 4 is 5.69 Å². The Labute approximate surface area is 194 Å². The second-order valence-electron chi connectivity index (χ2n) is 9.80. The van der Waals surface area contributed by atoms with E-state index in [1.807, 2.05) is 0 Å². The second-order valence-corrected chi connectivity index (χ2v) is 9.80. The van der Waals surface area contributed by atoms with E-state index in [-0.39, 0.29) is 0 Å². The molecule has 0 amide bonds. The summed E-state index contributed by atoms with van der Waals surface area (Å²) in [6, 6.07) is 9.03. The average Bonchev–Trinajstić information content (AvgIpc) is 2.80. The van der Waals surface area contributed by atoms with E-state index in [1.165, 1.54) is 141 Å². The van der Waals surface area contributed by atoms with Gasteiger partial charge in [0, 0.05) is 18.8 Å². The molecular formula is C29H52N2. The lowest BCUT2D eigenvalue weighted by Crippen LogP contribution is -2.30. The number of aryl methyl sites for hydroxylation is 1. The normalized spacial score (nSPS) is 13.7. The highest BCUT2D eigenvalue weighted by Crippen LogP contribution is 2.26. The van der Waals surface area contributed by atoms with Crippen molar-refractivity contribution in [3.63, 3.8) is 0 Å². The molecular weight excluding hydrogens is 376 g/mol. The lowest BCUT2D eigenvalue weighted by molar-refractivity contribution is 0.255. The molecule has 2 heteroatoms. The first-order valence-corrected chi connectivity index (χ1v) is 13.9. The number of anilines is 1. The third-order valence-electron chi connectivity index (χ3n) is 7.01. The Hall–Kier alpha value is -1.02. The highest BCUT2D eigenvalue weighted by atomic mass is 15.1. The van der Waals surface area contributed by atoms with Gasteiger partial charge in [0.2, 0.25) is 0 Å². The minimum Gasteiger partial charge on any atom is -0.371 e. The Morgan fingerprint density at radius 3 is 1.87 bits per heavy atom. The molecule has 0 unspecified atom stereocenters. The minimum absolute atomic E-state index is 1.25. The Kier molecular flexibility index (Phi) is 14.8. The van der Waals surface area contributed by atoms with Gasteiger partial charge in [0.05, 0.1) is 0 Å². The predicted molar refractivity (Wildman–Crippen MR) is 139 cm³/mol. The number of rotatable bonds is 19. The summed E-state index contributed by atoms with van der Waals surface area (Å²) in [7, 11) is 0. The van der Waals surface area contributed by atoms with Gasteiger partial charge in [-0.15, -0.1) is 0 Å². The minimum atomic E-state index is 1.25. The zero-order valence-electron chi connectivity index (χ0n) is 21.1. The molecule has 178 valence electrons. The maximum absolute atomic E-state index is 2.75. The fourth-order valence-corrected chi connectivity index (χ4v) is 5.05. The molecule has 1 heterocycles. The van der Waals surface area contributed by atoms with Crippen molar-refractivity contribution in [3.05, 3.63) is 29.8 Å². The lowest BCUT2D eigenvalue weighted by atomic mass is 10.0. The van der Waals surface area contributed by atoms with Gasteiger partial charge in [0.15, 0.2) is 0 Å². The van der Waals surface area contributed by atoms with Crippen molar-refractivity contribution in [2.24, 2.45) is 0 Å². The van der Waals surface area contributed by atoms with E-state index in [4.69, 9.17) is 0 Å². The first-order chi connectivity index (χ1) is 15.3. The van der Waals surface area contributed by atoms with Gasteiger partial charge < -0.3 is 9.80 Å². The van der Waals surface area contributed by atoms with Crippen molar-refractivity contribution < 1.29 is 0 Å². The van der Waals surface area contributed by atoms with Crippen molar-refractivity contribution in [3.8, 4) is 0 Å². The van der Waals surface area contributed by atoms with Crippen LogP contribution >= 0.6 is 0 Å². The third-order valence-corrected chi connectivity index (χ3v) is 7.01. The molecule has 0 saturated carbocycles. The molecule has 1 aliphatic heterocycles. The van der Waals surface area contributed by atoms with Crippen LogP contribution in [-0.4, -0.2) is 37.6 Å². The standard InChI is InChI=1S/C29H52N2/c1-3-5-15-23-30(24-16-6-4-2)25-17-11-9-7-8-10-12-18-26-31-27-19-21-28-20-13-14-22-29(28)31/h13-14,20,22H,3-12,15-19,21,23-27H2,1-2H3. The summed E-state index contributed by atoms with van der Waals surface area (Å²) >= 11 is 0. The van der Waals surface area contributed by atoms with Crippen LogP contribution in [0.4, 0.5) is 5.69 Å². The number of unbranched alkanes of at least 4 members (excludes halogenated alkanes) is 11. The molecule has 0 fully saturated rings. The van der Waals surface area contributed by atoms with E-state index in [2.05, 4.69) is 47.9 Å². The monoisotopic (exact) mass is 428 g/mol. The summed E-state index contributed by atoms with van der Waals surface area (Å²) in [6.07, 6.45) is 22.2. The third kappa shape index (κ3) is 11.4. The first kappa shape index (κ1) is 26.2. The van der Waals surface area contributed by atoms with Crippen LogP contribution in [0.5, 0.6) is 0 Å². The summed E-state index contributed by atoms with van der Waals surface area (Å²) in [5.41, 5.74) is 3.07. The maximum atomic E-state index is 2.75. The molecule has 0 atom stereocenters. The fraction of sp³-hybridized carbons (Fsp3) is 0.793. The fourth-order valence-electron chi connectivity index (χ4n) is 5.05. The summed E-state index contributed by atoms with van der Waals surface area (Å²) < 4.78 is 0. The van der Waals surface area contributed by atoms with Gasteiger partial charge in [-0.05, 0) is 69.8 Å². The zero-order chi connectivity index (χ0) is 22.0. The van der Waals surface area contributed by atoms with Gasteiger partial charge in [0.1, 0.15) is 0 Å².